The maximum Gasteiger partial charge on any atom is 0.377 e. The van der Waals surface area contributed by atoms with Crippen molar-refractivity contribution in [2.24, 2.45) is 0 Å². The Morgan fingerprint density at radius 2 is 1.72 bits per heavy atom. The van der Waals surface area contributed by atoms with E-state index in [0.717, 1.165) is 0 Å². The number of rotatable bonds is 4. The lowest BCUT2D eigenvalue weighted by Crippen LogP contribution is -2.17. The molecule has 0 aliphatic rings. The van der Waals surface area contributed by atoms with Crippen molar-refractivity contribution >= 4 is 35.1 Å². The summed E-state index contributed by atoms with van der Waals surface area (Å²) in [5.41, 5.74) is -1.71. The van der Waals surface area contributed by atoms with E-state index in [-0.39, 0.29) is 11.5 Å². The third-order valence-corrected chi connectivity index (χ3v) is 1.76. The molecule has 1 rings (SSSR count). The maximum absolute atomic E-state index is 11.5. The fourth-order valence-electron chi connectivity index (χ4n) is 0.979. The van der Waals surface area contributed by atoms with E-state index in [1.165, 1.54) is 26.1 Å². The number of hydrogen-bond donors (Lipinski definition) is 0. The van der Waals surface area contributed by atoms with Gasteiger partial charge >= 0.3 is 11.9 Å². The highest BCUT2D eigenvalue weighted by atomic mass is 35.5. The number of esters is 2. The molecule has 0 amide bonds. The molecule has 0 saturated heterocycles. The summed E-state index contributed by atoms with van der Waals surface area (Å²) in [6, 6.07) is 1.29. The van der Waals surface area contributed by atoms with E-state index in [1.807, 2.05) is 0 Å². The van der Waals surface area contributed by atoms with Gasteiger partial charge in [0.25, 0.3) is 0 Å². The van der Waals surface area contributed by atoms with Crippen LogP contribution in [0.3, 0.4) is 0 Å². The van der Waals surface area contributed by atoms with E-state index in [0.29, 0.717) is 0 Å². The zero-order chi connectivity index (χ0) is 13.7. The van der Waals surface area contributed by atoms with Crippen LogP contribution >= 0.6 is 23.2 Å². The zero-order valence-corrected chi connectivity index (χ0v) is 11.1. The van der Waals surface area contributed by atoms with Crippen molar-refractivity contribution in [2.75, 3.05) is 0 Å². The van der Waals surface area contributed by atoms with Crippen molar-refractivity contribution < 1.29 is 19.1 Å². The lowest BCUT2D eigenvalue weighted by atomic mass is 10.4. The lowest BCUT2D eigenvalue weighted by molar-refractivity contribution is 0.0451. The van der Waals surface area contributed by atoms with Crippen molar-refractivity contribution in [2.45, 2.75) is 25.0 Å². The Bertz CT molecular complexity index is 414. The third-order valence-electron chi connectivity index (χ3n) is 1.59. The summed E-state index contributed by atoms with van der Waals surface area (Å²) in [5, 5.41) is 0. The van der Waals surface area contributed by atoms with Crippen LogP contribution in [0.5, 0.6) is 0 Å². The fraction of sp³-hybridized carbons (Fsp3) is 0.400. The quantitative estimate of drug-likeness (QED) is 0.623. The van der Waals surface area contributed by atoms with Gasteiger partial charge in [0.1, 0.15) is 0 Å². The van der Waals surface area contributed by atoms with Crippen LogP contribution < -0.4 is 0 Å². The average molecular weight is 293 g/mol. The number of carbonyl (C=O) groups is 2. The first kappa shape index (κ1) is 14.7. The molecule has 8 heteroatoms. The number of nitrogens with zero attached hydrogens (tertiary/aromatic N) is 2. The molecule has 18 heavy (non-hydrogen) atoms. The Balaban J connectivity index is 2.85. The van der Waals surface area contributed by atoms with Gasteiger partial charge in [0.2, 0.25) is 5.82 Å². The van der Waals surface area contributed by atoms with E-state index in [4.69, 9.17) is 27.9 Å². The average Bonchev–Trinajstić information content (AvgIpc) is 2.27. The summed E-state index contributed by atoms with van der Waals surface area (Å²) in [7, 11) is 0. The standard InChI is InChI=1S/C10H10Cl2N2O4/c1-5(11)17-9(15)7-3-4-13-8(14-7)10(16)18-6(2)12/h3-6H,1-2H3. The number of alkyl halides is 2. The molecule has 98 valence electrons. The summed E-state index contributed by atoms with van der Waals surface area (Å²) in [6.45, 7) is 2.94. The number of ether oxygens (including phenoxy) is 2. The largest absolute Gasteiger partial charge is 0.442 e. The van der Waals surface area contributed by atoms with Gasteiger partial charge in [0.15, 0.2) is 16.8 Å². The van der Waals surface area contributed by atoms with Crippen molar-refractivity contribution in [3.8, 4) is 0 Å². The molecular formula is C10H10Cl2N2O4. The van der Waals surface area contributed by atoms with Crippen LogP contribution in [0, 0.1) is 0 Å². The van der Waals surface area contributed by atoms with Crippen LogP contribution in [0.1, 0.15) is 35.0 Å². The second-order valence-electron chi connectivity index (χ2n) is 3.16. The molecule has 2 atom stereocenters. The molecule has 1 heterocycles. The van der Waals surface area contributed by atoms with Gasteiger partial charge in [0, 0.05) is 6.20 Å². The monoisotopic (exact) mass is 292 g/mol. The number of halogens is 2. The minimum absolute atomic E-state index is 0.0910. The number of carbonyl (C=O) groups excluding carboxylic acids is 2. The summed E-state index contributed by atoms with van der Waals surface area (Å²) >= 11 is 11.0. The minimum Gasteiger partial charge on any atom is -0.442 e. The molecule has 0 bridgehead atoms. The molecule has 1 aromatic rings. The van der Waals surface area contributed by atoms with Crippen molar-refractivity contribution in [3.05, 3.63) is 23.8 Å². The normalized spacial score (nSPS) is 13.6. The zero-order valence-electron chi connectivity index (χ0n) is 9.59. The van der Waals surface area contributed by atoms with Gasteiger partial charge in [-0.25, -0.2) is 19.6 Å². The molecule has 0 N–H and O–H groups in total. The van der Waals surface area contributed by atoms with Gasteiger partial charge in [-0.05, 0) is 19.9 Å². The topological polar surface area (TPSA) is 78.4 Å². The molecule has 0 aromatic carbocycles. The second kappa shape index (κ2) is 6.51. The predicted molar refractivity (Wildman–Crippen MR) is 63.5 cm³/mol. The first-order valence-electron chi connectivity index (χ1n) is 4.93. The molecule has 0 spiro atoms. The van der Waals surface area contributed by atoms with Crippen LogP contribution in [-0.2, 0) is 9.47 Å². The predicted octanol–water partition coefficient (Wildman–Crippen LogP) is 1.96. The van der Waals surface area contributed by atoms with Gasteiger partial charge in [-0.2, -0.15) is 0 Å². The van der Waals surface area contributed by atoms with E-state index in [9.17, 15) is 9.59 Å². The van der Waals surface area contributed by atoms with E-state index < -0.39 is 23.1 Å². The molecule has 0 aliphatic carbocycles. The first-order valence-corrected chi connectivity index (χ1v) is 5.80. The Morgan fingerprint density at radius 3 is 2.28 bits per heavy atom. The molecule has 0 radical (unpaired) electrons. The van der Waals surface area contributed by atoms with Gasteiger partial charge in [-0.3, -0.25) is 0 Å². The van der Waals surface area contributed by atoms with Crippen molar-refractivity contribution in [1.82, 2.24) is 9.97 Å². The van der Waals surface area contributed by atoms with Crippen molar-refractivity contribution in [1.29, 1.82) is 0 Å². The molecular weight excluding hydrogens is 283 g/mol. The van der Waals surface area contributed by atoms with Crippen molar-refractivity contribution in [3.63, 3.8) is 0 Å². The first-order chi connectivity index (χ1) is 8.40. The highest BCUT2D eigenvalue weighted by molar-refractivity contribution is 6.20. The van der Waals surface area contributed by atoms with Crippen LogP contribution in [0.2, 0.25) is 0 Å². The fourth-order valence-corrected chi connectivity index (χ4v) is 1.14. The van der Waals surface area contributed by atoms with Crippen LogP contribution in [0.4, 0.5) is 0 Å². The summed E-state index contributed by atoms with van der Waals surface area (Å²) in [4.78, 5) is 30.3. The summed E-state index contributed by atoms with van der Waals surface area (Å²) < 4.78 is 9.39. The molecule has 0 saturated carbocycles. The molecule has 6 nitrogen and oxygen atoms in total. The second-order valence-corrected chi connectivity index (χ2v) is 4.39. The molecule has 2 unspecified atom stereocenters. The Morgan fingerprint density at radius 1 is 1.17 bits per heavy atom. The van der Waals surface area contributed by atoms with Crippen LogP contribution in [0.25, 0.3) is 0 Å². The maximum atomic E-state index is 11.5. The van der Waals surface area contributed by atoms with Crippen LogP contribution in [-0.4, -0.2) is 33.0 Å². The van der Waals surface area contributed by atoms with Gasteiger partial charge in [-0.15, -0.1) is 0 Å². The molecule has 1 aromatic heterocycles. The Hall–Kier alpha value is -1.40. The van der Waals surface area contributed by atoms with E-state index in [2.05, 4.69) is 14.7 Å². The van der Waals surface area contributed by atoms with E-state index >= 15 is 0 Å². The number of hydrogen-bond acceptors (Lipinski definition) is 6. The molecule has 0 aliphatic heterocycles. The summed E-state index contributed by atoms with van der Waals surface area (Å²) in [6.07, 6.45) is 1.23. The Kier molecular flexibility index (Phi) is 5.30. The summed E-state index contributed by atoms with van der Waals surface area (Å²) in [5.74, 6) is -1.86. The third kappa shape index (κ3) is 4.46. The smallest absolute Gasteiger partial charge is 0.377 e. The van der Waals surface area contributed by atoms with Gasteiger partial charge in [0.05, 0.1) is 0 Å². The minimum atomic E-state index is -0.828. The van der Waals surface area contributed by atoms with Gasteiger partial charge in [-0.1, -0.05) is 23.2 Å². The van der Waals surface area contributed by atoms with E-state index in [1.54, 1.807) is 0 Å². The highest BCUT2D eigenvalue weighted by Gasteiger charge is 2.18. The molecule has 0 fully saturated rings. The van der Waals surface area contributed by atoms with Crippen LogP contribution in [0.15, 0.2) is 12.3 Å². The Labute approximate surface area is 113 Å². The van der Waals surface area contributed by atoms with Gasteiger partial charge < -0.3 is 9.47 Å². The number of aromatic nitrogens is 2. The lowest BCUT2D eigenvalue weighted by Gasteiger charge is -2.07. The SMILES string of the molecule is CC(Cl)OC(=O)c1ccnc(C(=O)OC(C)Cl)n1. The highest BCUT2D eigenvalue weighted by Crippen LogP contribution is 2.06.